The molecule has 1 amide bonds. The largest absolute Gasteiger partial charge is 0.355 e. The minimum Gasteiger partial charge on any atom is -0.355 e. The minimum absolute atomic E-state index is 0.265. The van der Waals surface area contributed by atoms with Gasteiger partial charge in [-0.15, -0.1) is 0 Å². The Morgan fingerprint density at radius 1 is 1.36 bits per heavy atom. The van der Waals surface area contributed by atoms with Crippen LogP contribution in [0, 0.1) is 19.8 Å². The summed E-state index contributed by atoms with van der Waals surface area (Å²) in [5, 5.41) is 6.66. The van der Waals surface area contributed by atoms with E-state index in [0.717, 1.165) is 22.9 Å². The van der Waals surface area contributed by atoms with E-state index in [-0.39, 0.29) is 11.8 Å². The fraction of sp³-hybridized carbons (Fsp3) is 0.500. The van der Waals surface area contributed by atoms with Crippen molar-refractivity contribution in [3.8, 4) is 0 Å². The summed E-state index contributed by atoms with van der Waals surface area (Å²) in [6.07, 6.45) is -2.52. The molecule has 118 valence electrons. The van der Waals surface area contributed by atoms with Crippen LogP contribution in [0.3, 0.4) is 0 Å². The molecule has 8 heteroatoms. The van der Waals surface area contributed by atoms with Gasteiger partial charge in [-0.25, -0.2) is 13.8 Å². The molecule has 3 rings (SSSR count). The molecule has 0 saturated carbocycles. The van der Waals surface area contributed by atoms with Gasteiger partial charge in [0.15, 0.2) is 5.65 Å². The number of amides is 1. The first-order chi connectivity index (χ1) is 10.4. The predicted molar refractivity (Wildman–Crippen MR) is 77.2 cm³/mol. The van der Waals surface area contributed by atoms with Crippen molar-refractivity contribution in [2.24, 2.45) is 5.92 Å². The number of hydrogen-bond donors (Lipinski definition) is 1. The van der Waals surface area contributed by atoms with Crippen LogP contribution in [0.4, 0.5) is 14.6 Å². The average molecular weight is 309 g/mol. The Labute approximate surface area is 126 Å². The van der Waals surface area contributed by atoms with E-state index in [1.54, 1.807) is 4.52 Å². The monoisotopic (exact) mass is 309 g/mol. The van der Waals surface area contributed by atoms with Crippen LogP contribution in [0.15, 0.2) is 12.1 Å². The van der Waals surface area contributed by atoms with E-state index in [0.29, 0.717) is 13.1 Å². The molecule has 2 aromatic rings. The maximum absolute atomic E-state index is 12.1. The van der Waals surface area contributed by atoms with Gasteiger partial charge in [-0.2, -0.15) is 9.61 Å². The summed E-state index contributed by atoms with van der Waals surface area (Å²) in [6.45, 7) is 4.19. The molecule has 1 fully saturated rings. The molecule has 0 bridgehead atoms. The summed E-state index contributed by atoms with van der Waals surface area (Å²) in [5.74, 6) is 0.280. The lowest BCUT2D eigenvalue weighted by Crippen LogP contribution is -2.54. The number of carbonyl (C=O) groups excluding carboxylic acids is 1. The van der Waals surface area contributed by atoms with E-state index in [9.17, 15) is 13.6 Å². The Kier molecular flexibility index (Phi) is 3.67. The number of hydrogen-bond acceptors (Lipinski definition) is 4. The summed E-state index contributed by atoms with van der Waals surface area (Å²) >= 11 is 0. The van der Waals surface area contributed by atoms with Gasteiger partial charge in [0.05, 0.1) is 18.2 Å². The van der Waals surface area contributed by atoms with Crippen molar-refractivity contribution in [2.75, 3.05) is 24.5 Å². The van der Waals surface area contributed by atoms with Crippen molar-refractivity contribution >= 4 is 17.4 Å². The van der Waals surface area contributed by atoms with E-state index >= 15 is 0 Å². The molecule has 0 aromatic carbocycles. The topological polar surface area (TPSA) is 62.5 Å². The molecular weight excluding hydrogens is 292 g/mol. The van der Waals surface area contributed by atoms with Crippen LogP contribution in [0.2, 0.25) is 0 Å². The second kappa shape index (κ2) is 5.51. The van der Waals surface area contributed by atoms with Crippen LogP contribution in [0.25, 0.3) is 5.65 Å². The number of carbonyl (C=O) groups is 1. The number of alkyl halides is 2. The molecule has 0 radical (unpaired) electrons. The maximum atomic E-state index is 12.1. The van der Waals surface area contributed by atoms with Crippen LogP contribution in [-0.4, -0.2) is 46.6 Å². The zero-order chi connectivity index (χ0) is 15.9. The van der Waals surface area contributed by atoms with Crippen molar-refractivity contribution < 1.29 is 13.6 Å². The fourth-order valence-electron chi connectivity index (χ4n) is 2.57. The highest BCUT2D eigenvalue weighted by molar-refractivity contribution is 5.81. The van der Waals surface area contributed by atoms with Gasteiger partial charge in [-0.05, 0) is 13.8 Å². The third kappa shape index (κ3) is 2.72. The van der Waals surface area contributed by atoms with Gasteiger partial charge in [-0.3, -0.25) is 4.79 Å². The molecule has 1 aliphatic heterocycles. The number of halogens is 2. The third-order valence-corrected chi connectivity index (χ3v) is 3.67. The maximum Gasteiger partial charge on any atom is 0.255 e. The summed E-state index contributed by atoms with van der Waals surface area (Å²) in [7, 11) is 0. The second-order valence-corrected chi connectivity index (χ2v) is 5.55. The zero-order valence-corrected chi connectivity index (χ0v) is 12.4. The van der Waals surface area contributed by atoms with Gasteiger partial charge in [0, 0.05) is 30.9 Å². The normalized spacial score (nSPS) is 15.4. The van der Waals surface area contributed by atoms with E-state index < -0.39 is 13.0 Å². The van der Waals surface area contributed by atoms with Gasteiger partial charge >= 0.3 is 0 Å². The Bertz CT molecular complexity index is 709. The molecule has 22 heavy (non-hydrogen) atoms. The molecule has 0 unspecified atom stereocenters. The summed E-state index contributed by atoms with van der Waals surface area (Å²) < 4.78 is 25.9. The van der Waals surface area contributed by atoms with Gasteiger partial charge in [0.25, 0.3) is 6.43 Å². The number of nitrogens with one attached hydrogen (secondary N) is 1. The lowest BCUT2D eigenvalue weighted by atomic mass is 9.99. The Morgan fingerprint density at radius 2 is 2.09 bits per heavy atom. The van der Waals surface area contributed by atoms with Gasteiger partial charge in [-0.1, -0.05) is 0 Å². The van der Waals surface area contributed by atoms with Crippen molar-refractivity contribution in [3.63, 3.8) is 0 Å². The lowest BCUT2D eigenvalue weighted by Gasteiger charge is -2.39. The number of aromatic nitrogens is 3. The Balaban J connectivity index is 1.71. The summed E-state index contributed by atoms with van der Waals surface area (Å²) in [5.41, 5.74) is 2.50. The van der Waals surface area contributed by atoms with E-state index in [2.05, 4.69) is 15.4 Å². The van der Waals surface area contributed by atoms with Gasteiger partial charge < -0.3 is 10.2 Å². The quantitative estimate of drug-likeness (QED) is 0.921. The molecule has 2 aromatic heterocycles. The molecule has 1 aliphatic rings. The first kappa shape index (κ1) is 14.7. The standard InChI is InChI=1S/C14H17F2N5O/c1-8-4-13(21-12(18-8)3-9(2)19-21)20-6-10(7-20)14(22)17-5-11(15)16/h3-4,10-11H,5-7H2,1-2H3,(H,17,22). The van der Waals surface area contributed by atoms with E-state index in [4.69, 9.17) is 0 Å². The van der Waals surface area contributed by atoms with E-state index in [1.807, 2.05) is 30.9 Å². The molecule has 3 heterocycles. The summed E-state index contributed by atoms with van der Waals surface area (Å²) in [6, 6.07) is 3.80. The molecular formula is C14H17F2N5O. The molecule has 0 spiro atoms. The lowest BCUT2D eigenvalue weighted by molar-refractivity contribution is -0.126. The second-order valence-electron chi connectivity index (χ2n) is 5.55. The van der Waals surface area contributed by atoms with Crippen molar-refractivity contribution in [1.29, 1.82) is 0 Å². The van der Waals surface area contributed by atoms with E-state index in [1.165, 1.54) is 0 Å². The predicted octanol–water partition coefficient (Wildman–Crippen LogP) is 1.16. The third-order valence-electron chi connectivity index (χ3n) is 3.67. The average Bonchev–Trinajstić information content (AvgIpc) is 2.74. The highest BCUT2D eigenvalue weighted by Crippen LogP contribution is 2.26. The highest BCUT2D eigenvalue weighted by Gasteiger charge is 2.34. The van der Waals surface area contributed by atoms with Crippen LogP contribution < -0.4 is 10.2 Å². The fourth-order valence-corrected chi connectivity index (χ4v) is 2.57. The van der Waals surface area contributed by atoms with Crippen LogP contribution in [0.1, 0.15) is 11.4 Å². The minimum atomic E-state index is -2.52. The van der Waals surface area contributed by atoms with Crippen molar-refractivity contribution in [3.05, 3.63) is 23.5 Å². The van der Waals surface area contributed by atoms with Gasteiger partial charge in [0.1, 0.15) is 5.82 Å². The number of nitrogens with zero attached hydrogens (tertiary/aromatic N) is 4. The first-order valence-corrected chi connectivity index (χ1v) is 7.09. The first-order valence-electron chi connectivity index (χ1n) is 7.09. The number of anilines is 1. The van der Waals surface area contributed by atoms with Crippen molar-refractivity contribution in [1.82, 2.24) is 19.9 Å². The number of rotatable bonds is 4. The highest BCUT2D eigenvalue weighted by atomic mass is 19.3. The van der Waals surface area contributed by atoms with Crippen LogP contribution in [-0.2, 0) is 4.79 Å². The Hall–Kier alpha value is -2.25. The Morgan fingerprint density at radius 3 is 2.77 bits per heavy atom. The van der Waals surface area contributed by atoms with Crippen molar-refractivity contribution in [2.45, 2.75) is 20.3 Å². The molecule has 1 saturated heterocycles. The number of aryl methyl sites for hydroxylation is 2. The molecule has 6 nitrogen and oxygen atoms in total. The molecule has 0 atom stereocenters. The van der Waals surface area contributed by atoms with Crippen LogP contribution >= 0.6 is 0 Å². The smallest absolute Gasteiger partial charge is 0.255 e. The molecule has 0 aliphatic carbocycles. The number of fused-ring (bicyclic) bond motifs is 1. The SMILES string of the molecule is Cc1cc(N2CC(C(=O)NCC(F)F)C2)n2nc(C)cc2n1. The van der Waals surface area contributed by atoms with Crippen LogP contribution in [0.5, 0.6) is 0 Å². The summed E-state index contributed by atoms with van der Waals surface area (Å²) in [4.78, 5) is 18.1. The van der Waals surface area contributed by atoms with Gasteiger partial charge in [0.2, 0.25) is 5.91 Å². The zero-order valence-electron chi connectivity index (χ0n) is 12.4. The molecule has 1 N–H and O–H groups in total.